The van der Waals surface area contributed by atoms with Crippen LogP contribution in [0.25, 0.3) is 5.69 Å². The van der Waals surface area contributed by atoms with Crippen molar-refractivity contribution in [2.45, 2.75) is 18.0 Å². The topological polar surface area (TPSA) is 111 Å². The molecule has 1 saturated heterocycles. The number of ether oxygens (including phenoxy) is 2. The quantitative estimate of drug-likeness (QED) is 0.517. The molecule has 166 valence electrons. The number of nitrogens with zero attached hydrogens (tertiary/aromatic N) is 5. The molecule has 32 heavy (non-hydrogen) atoms. The summed E-state index contributed by atoms with van der Waals surface area (Å²) in [5.41, 5.74) is 2.01. The normalized spacial score (nSPS) is 13.3. The molecule has 0 spiro atoms. The van der Waals surface area contributed by atoms with Crippen LogP contribution in [-0.2, 0) is 9.59 Å². The number of amides is 2. The molecule has 10 nitrogen and oxygen atoms in total. The van der Waals surface area contributed by atoms with Crippen molar-refractivity contribution in [3.8, 4) is 17.2 Å². The van der Waals surface area contributed by atoms with Crippen molar-refractivity contribution in [1.29, 1.82) is 0 Å². The smallest absolute Gasteiger partial charge is 0.234 e. The number of hydrogen-bond donors (Lipinski definition) is 1. The van der Waals surface area contributed by atoms with Gasteiger partial charge in [-0.2, -0.15) is 4.68 Å². The number of hydrogen-bond acceptors (Lipinski definition) is 8. The Morgan fingerprint density at radius 2 is 2.06 bits per heavy atom. The van der Waals surface area contributed by atoms with E-state index in [1.54, 1.807) is 49.5 Å². The number of rotatable bonds is 8. The second-order valence-corrected chi connectivity index (χ2v) is 7.89. The Hall–Kier alpha value is -3.60. The van der Waals surface area contributed by atoms with Crippen molar-refractivity contribution in [2.75, 3.05) is 36.7 Å². The highest BCUT2D eigenvalue weighted by molar-refractivity contribution is 7.99. The third kappa shape index (κ3) is 4.67. The molecule has 11 heteroatoms. The van der Waals surface area contributed by atoms with Gasteiger partial charge in [0.15, 0.2) is 0 Å². The average molecular weight is 455 g/mol. The van der Waals surface area contributed by atoms with Gasteiger partial charge in [-0.3, -0.25) is 9.59 Å². The van der Waals surface area contributed by atoms with E-state index in [0.717, 1.165) is 12.1 Å². The van der Waals surface area contributed by atoms with Crippen LogP contribution >= 0.6 is 11.8 Å². The van der Waals surface area contributed by atoms with Crippen LogP contribution in [-0.4, -0.2) is 58.5 Å². The molecule has 1 fully saturated rings. The van der Waals surface area contributed by atoms with Crippen molar-refractivity contribution in [1.82, 2.24) is 20.2 Å². The van der Waals surface area contributed by atoms with Gasteiger partial charge in [0.2, 0.25) is 17.0 Å². The number of thioether (sulfide) groups is 1. The highest BCUT2D eigenvalue weighted by Crippen LogP contribution is 2.30. The third-order valence-corrected chi connectivity index (χ3v) is 5.82. The van der Waals surface area contributed by atoms with Crippen LogP contribution in [0.3, 0.4) is 0 Å². The molecule has 2 aromatic carbocycles. The number of tetrazole rings is 1. The minimum atomic E-state index is -0.216. The van der Waals surface area contributed by atoms with Gasteiger partial charge in [-0.15, -0.1) is 5.10 Å². The maximum Gasteiger partial charge on any atom is 0.234 e. The van der Waals surface area contributed by atoms with Crippen LogP contribution in [0.4, 0.5) is 11.4 Å². The van der Waals surface area contributed by atoms with Gasteiger partial charge in [-0.05, 0) is 47.2 Å². The first kappa shape index (κ1) is 21.6. The average Bonchev–Trinajstić information content (AvgIpc) is 3.46. The largest absolute Gasteiger partial charge is 0.497 e. The van der Waals surface area contributed by atoms with E-state index in [-0.39, 0.29) is 17.6 Å². The molecule has 0 atom stereocenters. The first-order chi connectivity index (χ1) is 15.6. The number of aromatic nitrogens is 4. The summed E-state index contributed by atoms with van der Waals surface area (Å²) in [5, 5.41) is 15.1. The van der Waals surface area contributed by atoms with Gasteiger partial charge in [0.25, 0.3) is 0 Å². The summed E-state index contributed by atoms with van der Waals surface area (Å²) in [6.07, 6.45) is 1.40. The van der Waals surface area contributed by atoms with Crippen LogP contribution in [0, 0.1) is 0 Å². The predicted octanol–water partition coefficient (Wildman–Crippen LogP) is 2.54. The summed E-state index contributed by atoms with van der Waals surface area (Å²) >= 11 is 1.19. The summed E-state index contributed by atoms with van der Waals surface area (Å²) in [6.45, 7) is 0.697. The Balaban J connectivity index is 1.43. The molecule has 1 aliphatic heterocycles. The van der Waals surface area contributed by atoms with Gasteiger partial charge in [-0.1, -0.05) is 17.8 Å². The monoisotopic (exact) mass is 454 g/mol. The zero-order chi connectivity index (χ0) is 22.5. The maximum atomic E-state index is 12.5. The molecule has 2 amide bonds. The van der Waals surface area contributed by atoms with Crippen molar-refractivity contribution < 1.29 is 19.1 Å². The van der Waals surface area contributed by atoms with Crippen LogP contribution in [0.15, 0.2) is 47.6 Å². The van der Waals surface area contributed by atoms with Crippen LogP contribution in [0.1, 0.15) is 12.8 Å². The lowest BCUT2D eigenvalue weighted by Gasteiger charge is -2.16. The van der Waals surface area contributed by atoms with Crippen molar-refractivity contribution in [3.05, 3.63) is 42.5 Å². The van der Waals surface area contributed by atoms with Crippen LogP contribution in [0.2, 0.25) is 0 Å². The lowest BCUT2D eigenvalue weighted by molar-refractivity contribution is -0.117. The number of nitrogens with one attached hydrogen (secondary N) is 1. The van der Waals surface area contributed by atoms with Crippen LogP contribution < -0.4 is 19.7 Å². The van der Waals surface area contributed by atoms with E-state index in [4.69, 9.17) is 9.47 Å². The van der Waals surface area contributed by atoms with E-state index >= 15 is 0 Å². The number of methoxy groups -OCH3 is 2. The fourth-order valence-electron chi connectivity index (χ4n) is 3.38. The fraction of sp³-hybridized carbons (Fsp3) is 0.286. The summed E-state index contributed by atoms with van der Waals surface area (Å²) in [4.78, 5) is 26.3. The van der Waals surface area contributed by atoms with Crippen LogP contribution in [0.5, 0.6) is 11.5 Å². The number of benzene rings is 2. The number of carbonyl (C=O) groups is 2. The van der Waals surface area contributed by atoms with Crippen molar-refractivity contribution >= 4 is 35.0 Å². The summed E-state index contributed by atoms with van der Waals surface area (Å²) in [5.74, 6) is 1.18. The molecule has 4 rings (SSSR count). The maximum absolute atomic E-state index is 12.5. The lowest BCUT2D eigenvalue weighted by Crippen LogP contribution is -2.23. The van der Waals surface area contributed by atoms with E-state index in [1.165, 1.54) is 16.4 Å². The molecule has 3 aromatic rings. The number of carbonyl (C=O) groups excluding carboxylic acids is 2. The second-order valence-electron chi connectivity index (χ2n) is 6.95. The van der Waals surface area contributed by atoms with Gasteiger partial charge in [0.05, 0.1) is 20.0 Å². The molecule has 1 aliphatic rings. The zero-order valence-corrected chi connectivity index (χ0v) is 18.5. The summed E-state index contributed by atoms with van der Waals surface area (Å²) in [7, 11) is 3.12. The van der Waals surface area contributed by atoms with Gasteiger partial charge >= 0.3 is 0 Å². The lowest BCUT2D eigenvalue weighted by atomic mass is 10.2. The molecule has 0 aliphatic carbocycles. The molecule has 0 radical (unpaired) electrons. The van der Waals surface area contributed by atoms with Gasteiger partial charge in [0.1, 0.15) is 17.2 Å². The molecular weight excluding hydrogens is 432 g/mol. The molecular formula is C21H22N6O4S. The molecule has 1 N–H and O–H groups in total. The Morgan fingerprint density at radius 1 is 1.19 bits per heavy atom. The molecule has 0 unspecified atom stereocenters. The zero-order valence-electron chi connectivity index (χ0n) is 17.6. The van der Waals surface area contributed by atoms with Crippen molar-refractivity contribution in [2.24, 2.45) is 0 Å². The van der Waals surface area contributed by atoms with E-state index in [9.17, 15) is 9.59 Å². The van der Waals surface area contributed by atoms with Gasteiger partial charge < -0.3 is 19.7 Å². The minimum absolute atomic E-state index is 0.0968. The highest BCUT2D eigenvalue weighted by Gasteiger charge is 2.22. The Bertz CT molecular complexity index is 1130. The van der Waals surface area contributed by atoms with Gasteiger partial charge in [0, 0.05) is 30.4 Å². The van der Waals surface area contributed by atoms with E-state index in [0.29, 0.717) is 41.0 Å². The summed E-state index contributed by atoms with van der Waals surface area (Å²) in [6, 6.07) is 12.6. The molecule has 2 heterocycles. The van der Waals surface area contributed by atoms with Gasteiger partial charge in [-0.25, -0.2) is 0 Å². The SMILES string of the molecule is COc1ccc(OC)c(-n2nnnc2SCC(=O)Nc2cccc(N3CCCC3=O)c2)c1. The van der Waals surface area contributed by atoms with Crippen molar-refractivity contribution in [3.63, 3.8) is 0 Å². The summed E-state index contributed by atoms with van der Waals surface area (Å²) < 4.78 is 12.2. The standard InChI is InChI=1S/C21H22N6O4S/c1-30-16-8-9-18(31-2)17(12-16)27-21(23-24-25-27)32-13-19(28)22-14-5-3-6-15(11-14)26-10-4-7-20(26)29/h3,5-6,8-9,11-12H,4,7,10,13H2,1-2H3,(H,22,28). The predicted molar refractivity (Wildman–Crippen MR) is 120 cm³/mol. The Kier molecular flexibility index (Phi) is 6.55. The molecule has 0 bridgehead atoms. The van der Waals surface area contributed by atoms with E-state index in [2.05, 4.69) is 20.8 Å². The van der Waals surface area contributed by atoms with E-state index in [1.807, 2.05) is 12.1 Å². The Labute approximate surface area is 188 Å². The minimum Gasteiger partial charge on any atom is -0.497 e. The third-order valence-electron chi connectivity index (χ3n) is 4.90. The number of anilines is 2. The Morgan fingerprint density at radius 3 is 2.81 bits per heavy atom. The molecule has 0 saturated carbocycles. The van der Waals surface area contributed by atoms with E-state index < -0.39 is 0 Å². The second kappa shape index (κ2) is 9.69. The first-order valence-corrected chi connectivity index (χ1v) is 10.9. The first-order valence-electron chi connectivity index (χ1n) is 9.93. The fourth-order valence-corrected chi connectivity index (χ4v) is 4.07. The highest BCUT2D eigenvalue weighted by atomic mass is 32.2. The molecule has 1 aromatic heterocycles.